The summed E-state index contributed by atoms with van der Waals surface area (Å²) in [6.45, 7) is 0. The summed E-state index contributed by atoms with van der Waals surface area (Å²) in [4.78, 5) is 0. The smallest absolute Gasteiger partial charge is 0 e. The molecule has 1 unspecified atom stereocenters. The molecule has 0 aromatic carbocycles. The summed E-state index contributed by atoms with van der Waals surface area (Å²) >= 11 is 0. The first-order valence-electron chi connectivity index (χ1n) is 0. The summed E-state index contributed by atoms with van der Waals surface area (Å²) in [5.41, 5.74) is 0. The third kappa shape index (κ3) is 19.4. The molecule has 0 amide bonds. The van der Waals surface area contributed by atoms with Gasteiger partial charge in [0.15, 0.2) is 0 Å². The van der Waals surface area contributed by atoms with Crippen molar-refractivity contribution in [3.05, 3.63) is 0 Å². The predicted octanol–water partition coefficient (Wildman–Crippen LogP) is -1.13. The van der Waals surface area contributed by atoms with Crippen molar-refractivity contribution in [2.24, 2.45) is 0 Å². The molecule has 0 aliphatic rings. The number of hydrogen-bond acceptors (Lipinski definition) is 0. The van der Waals surface area contributed by atoms with Crippen LogP contribution in [0.3, 0.4) is 0 Å². The van der Waals surface area contributed by atoms with Crippen LogP contribution in [-0.2, 0) is 54.3 Å². The van der Waals surface area contributed by atoms with E-state index in [4.69, 9.17) is 0 Å². The molecular weight excluding hydrogens is 541 g/mol. The van der Waals surface area contributed by atoms with Gasteiger partial charge < -0.3 is 0 Å². The van der Waals surface area contributed by atoms with Crippen molar-refractivity contribution in [1.82, 2.24) is 0 Å². The maximum absolute atomic E-state index is 0. The summed E-state index contributed by atoms with van der Waals surface area (Å²) in [5.74, 6) is 0. The Kier molecular flexibility index (Phi) is 244. The van der Waals surface area contributed by atoms with Crippen LogP contribution in [-0.4, -0.2) is 26.2 Å². The molecule has 0 nitrogen and oxygen atoms in total. The van der Waals surface area contributed by atoms with Gasteiger partial charge in [-0.05, 0) is 0 Å². The molecule has 41 valence electrons. The largest absolute Gasteiger partial charge is 0 e. The van der Waals surface area contributed by atoms with Crippen molar-refractivity contribution in [2.45, 2.75) is 0 Å². The minimum Gasteiger partial charge on any atom is 0 e. The first-order valence-corrected chi connectivity index (χ1v) is 0. The Hall–Kier alpha value is 3.00. The monoisotopic (exact) mass is 547 g/mol. The summed E-state index contributed by atoms with van der Waals surface area (Å²) in [6, 6.07) is 0. The molecule has 0 heterocycles. The van der Waals surface area contributed by atoms with Crippen LogP contribution in [0.1, 0.15) is 0 Å². The third-order valence-electron chi connectivity index (χ3n) is 0. The van der Waals surface area contributed by atoms with Gasteiger partial charge in [-0.3, -0.25) is 0 Å². The maximum atomic E-state index is 0. The summed E-state index contributed by atoms with van der Waals surface area (Å²) in [5, 5.41) is 0. The van der Waals surface area contributed by atoms with Crippen molar-refractivity contribution in [2.75, 3.05) is 0 Å². The fourth-order valence-electron chi connectivity index (χ4n) is 0. The van der Waals surface area contributed by atoms with Gasteiger partial charge in [0.1, 0.15) is 0 Å². The van der Waals surface area contributed by atoms with Gasteiger partial charge in [0.05, 0.1) is 0 Å². The van der Waals surface area contributed by atoms with E-state index in [0.29, 0.717) is 0 Å². The van der Waals surface area contributed by atoms with Gasteiger partial charge in [0.2, 0.25) is 0 Å². The second kappa shape index (κ2) is 28.0. The van der Waals surface area contributed by atoms with Crippen molar-refractivity contribution in [1.29, 1.82) is 0 Å². The van der Waals surface area contributed by atoms with E-state index >= 15 is 0 Å². The van der Waals surface area contributed by atoms with Gasteiger partial charge in [0.25, 0.3) is 0 Å². The number of hydrogen-bond donors (Lipinski definition) is 0. The summed E-state index contributed by atoms with van der Waals surface area (Å²) in [6.07, 6.45) is 0. The van der Waals surface area contributed by atoms with Crippen molar-refractivity contribution in [3.63, 3.8) is 0 Å². The normalized spacial score (nSPS) is 0. The molecule has 0 fully saturated rings. The minimum absolute atomic E-state index is 0. The molecular formula is H6BiCoNiPW. The van der Waals surface area contributed by atoms with Crippen molar-refractivity contribution in [3.8, 4) is 0 Å². The van der Waals surface area contributed by atoms with Crippen LogP contribution in [0.5, 0.6) is 0 Å². The van der Waals surface area contributed by atoms with E-state index in [0.717, 1.165) is 0 Å². The Morgan fingerprint density at radius 3 is 1.00 bits per heavy atom. The topological polar surface area (TPSA) is 0 Å². The molecule has 0 aliphatic heterocycles. The van der Waals surface area contributed by atoms with Gasteiger partial charge in [0, 0.05) is 54.3 Å². The van der Waals surface area contributed by atoms with Crippen molar-refractivity contribution < 1.29 is 54.3 Å². The Labute approximate surface area is 89.1 Å². The molecule has 0 saturated carbocycles. The molecule has 0 N–H and O–H groups in total. The zero-order valence-corrected chi connectivity index (χ0v) is 14.3. The molecule has 1 radical (unpaired) electrons. The first kappa shape index (κ1) is 43.5. The molecule has 0 bridgehead atoms. The van der Waals surface area contributed by atoms with E-state index in [2.05, 4.69) is 0 Å². The van der Waals surface area contributed by atoms with Crippen LogP contribution in [0.4, 0.5) is 0 Å². The molecule has 0 aromatic rings. The van der Waals surface area contributed by atoms with Crippen LogP contribution in [0.25, 0.3) is 0 Å². The predicted molar refractivity (Wildman–Crippen MR) is 21.0 cm³/mol. The van der Waals surface area contributed by atoms with Crippen LogP contribution in [0.15, 0.2) is 0 Å². The molecule has 5 heteroatoms. The molecule has 0 aliphatic carbocycles. The van der Waals surface area contributed by atoms with Crippen LogP contribution < -0.4 is 0 Å². The van der Waals surface area contributed by atoms with E-state index < -0.39 is 0 Å². The Balaban J connectivity index is 0. The molecule has 0 rings (SSSR count). The fraction of sp³-hybridized carbons (Fsp3) is 0. The van der Waals surface area contributed by atoms with Crippen LogP contribution in [0.2, 0.25) is 0 Å². The second-order valence-electron chi connectivity index (χ2n) is 0. The quantitative estimate of drug-likeness (QED) is 0.266. The van der Waals surface area contributed by atoms with E-state index in [1.54, 1.807) is 0 Å². The Bertz CT molecular complexity index is 11.6. The zero-order valence-electron chi connectivity index (χ0n) is 2.47. The van der Waals surface area contributed by atoms with E-state index in [-0.39, 0.29) is 90.4 Å². The number of rotatable bonds is 0. The van der Waals surface area contributed by atoms with Gasteiger partial charge >= 0.3 is 26.2 Å². The van der Waals surface area contributed by atoms with E-state index in [1.165, 1.54) is 0 Å². The minimum atomic E-state index is 0. The van der Waals surface area contributed by atoms with Crippen LogP contribution >= 0.6 is 9.90 Å². The zero-order chi connectivity index (χ0) is 0. The van der Waals surface area contributed by atoms with E-state index in [1.807, 2.05) is 0 Å². The van der Waals surface area contributed by atoms with Gasteiger partial charge in [-0.25, -0.2) is 0 Å². The fourth-order valence-corrected chi connectivity index (χ4v) is 0. The second-order valence-corrected chi connectivity index (χ2v) is 0. The summed E-state index contributed by atoms with van der Waals surface area (Å²) in [7, 11) is 0. The maximum Gasteiger partial charge on any atom is 0 e. The van der Waals surface area contributed by atoms with Gasteiger partial charge in [-0.1, -0.05) is 0 Å². The molecule has 0 spiro atoms. The molecule has 1 atom stereocenters. The standard InChI is InChI=1S/Bi.Co.Ni.H3P.W.3H/h;;;1H3;;;;. The molecule has 0 aromatic heterocycles. The summed E-state index contributed by atoms with van der Waals surface area (Å²) < 4.78 is 0. The Morgan fingerprint density at radius 2 is 1.00 bits per heavy atom. The average Bonchev–Trinajstić information content (AvgIpc) is 0. The van der Waals surface area contributed by atoms with E-state index in [9.17, 15) is 0 Å². The van der Waals surface area contributed by atoms with Crippen LogP contribution in [0, 0.1) is 0 Å². The third-order valence-corrected chi connectivity index (χ3v) is 0. The van der Waals surface area contributed by atoms with Gasteiger partial charge in [-0.15, -0.1) is 0 Å². The van der Waals surface area contributed by atoms with Crippen molar-refractivity contribution >= 4 is 36.1 Å². The molecule has 5 heavy (non-hydrogen) atoms. The van der Waals surface area contributed by atoms with Gasteiger partial charge in [-0.2, -0.15) is 9.90 Å². The average molecular weight is 547 g/mol. The Morgan fingerprint density at radius 1 is 1.00 bits per heavy atom. The molecule has 0 saturated heterocycles. The SMILES string of the molecule is P.[BiH3].[Co].[Ni].[W]. The first-order chi connectivity index (χ1) is 0.